The summed E-state index contributed by atoms with van der Waals surface area (Å²) in [5.74, 6) is 0. The van der Waals surface area contributed by atoms with Crippen LogP contribution in [0.4, 0.5) is 13.2 Å². The van der Waals surface area contributed by atoms with E-state index in [0.29, 0.717) is 34.5 Å². The van der Waals surface area contributed by atoms with Crippen molar-refractivity contribution in [3.8, 4) is 0 Å². The number of benzene rings is 2. The van der Waals surface area contributed by atoms with Crippen molar-refractivity contribution >= 4 is 50.8 Å². The largest absolute Gasteiger partial charge is 0.437 e. The molecule has 0 fully saturated rings. The molecular formula is C18H13ClF3IN2O. The van der Waals surface area contributed by atoms with Crippen LogP contribution in [-0.2, 0) is 12.8 Å². The Bertz CT molecular complexity index is 965. The van der Waals surface area contributed by atoms with Crippen LogP contribution in [0.1, 0.15) is 16.8 Å². The van der Waals surface area contributed by atoms with Crippen molar-refractivity contribution in [3.05, 3.63) is 67.9 Å². The minimum absolute atomic E-state index is 0.111. The molecule has 8 heteroatoms. The van der Waals surface area contributed by atoms with Gasteiger partial charge in [0.05, 0.1) is 0 Å². The minimum atomic E-state index is -4.76. The van der Waals surface area contributed by atoms with Crippen LogP contribution in [0.25, 0.3) is 10.9 Å². The first-order valence-corrected chi connectivity index (χ1v) is 9.09. The van der Waals surface area contributed by atoms with E-state index in [2.05, 4.69) is 32.7 Å². The summed E-state index contributed by atoms with van der Waals surface area (Å²) in [6.07, 6.45) is -3.91. The van der Waals surface area contributed by atoms with E-state index >= 15 is 0 Å². The SMILES string of the molecule is O/N=C(/c1c(CCc2ccc(Cl)cc2)[nH]c2cc(I)ccc12)C(F)(F)F. The van der Waals surface area contributed by atoms with Crippen molar-refractivity contribution < 1.29 is 18.4 Å². The molecule has 2 aromatic carbocycles. The third kappa shape index (κ3) is 3.98. The van der Waals surface area contributed by atoms with Gasteiger partial charge in [-0.15, -0.1) is 0 Å². The van der Waals surface area contributed by atoms with Gasteiger partial charge in [-0.3, -0.25) is 0 Å². The summed E-state index contributed by atoms with van der Waals surface area (Å²) < 4.78 is 41.0. The molecule has 0 unspecified atom stereocenters. The van der Waals surface area contributed by atoms with E-state index in [1.54, 1.807) is 30.3 Å². The van der Waals surface area contributed by atoms with Crippen LogP contribution in [0.2, 0.25) is 5.02 Å². The molecule has 0 amide bonds. The average Bonchev–Trinajstić information content (AvgIpc) is 2.91. The topological polar surface area (TPSA) is 48.4 Å². The van der Waals surface area contributed by atoms with E-state index in [-0.39, 0.29) is 5.56 Å². The van der Waals surface area contributed by atoms with E-state index in [4.69, 9.17) is 16.8 Å². The molecule has 0 saturated carbocycles. The molecule has 2 N–H and O–H groups in total. The van der Waals surface area contributed by atoms with Crippen LogP contribution in [0.5, 0.6) is 0 Å². The second-order valence-electron chi connectivity index (χ2n) is 5.74. The molecule has 0 aliphatic carbocycles. The quantitative estimate of drug-likeness (QED) is 0.201. The Hall–Kier alpha value is -1.74. The predicted molar refractivity (Wildman–Crippen MR) is 104 cm³/mol. The van der Waals surface area contributed by atoms with Crippen LogP contribution in [-0.4, -0.2) is 22.1 Å². The molecule has 0 bridgehead atoms. The van der Waals surface area contributed by atoms with Gasteiger partial charge < -0.3 is 10.2 Å². The molecule has 1 heterocycles. The Balaban J connectivity index is 2.05. The summed E-state index contributed by atoms with van der Waals surface area (Å²) in [4.78, 5) is 3.05. The lowest BCUT2D eigenvalue weighted by Crippen LogP contribution is -2.25. The third-order valence-corrected chi connectivity index (χ3v) is 4.94. The molecule has 0 saturated heterocycles. The van der Waals surface area contributed by atoms with Crippen molar-refractivity contribution in [2.45, 2.75) is 19.0 Å². The highest BCUT2D eigenvalue weighted by atomic mass is 127. The van der Waals surface area contributed by atoms with E-state index in [9.17, 15) is 13.2 Å². The van der Waals surface area contributed by atoms with Gasteiger partial charge in [-0.2, -0.15) is 13.2 Å². The molecule has 3 aromatic rings. The molecule has 0 aliphatic heterocycles. The number of aromatic nitrogens is 1. The van der Waals surface area contributed by atoms with Crippen LogP contribution in [0.3, 0.4) is 0 Å². The fourth-order valence-corrected chi connectivity index (χ4v) is 3.47. The molecule has 3 nitrogen and oxygen atoms in total. The maximum absolute atomic E-state index is 13.4. The van der Waals surface area contributed by atoms with Crippen molar-refractivity contribution in [1.82, 2.24) is 4.98 Å². The van der Waals surface area contributed by atoms with Crippen molar-refractivity contribution in [1.29, 1.82) is 0 Å². The zero-order chi connectivity index (χ0) is 18.9. The number of nitrogens with one attached hydrogen (secondary N) is 1. The number of oxime groups is 1. The molecule has 0 spiro atoms. The highest BCUT2D eigenvalue weighted by Crippen LogP contribution is 2.32. The molecule has 0 radical (unpaired) electrons. The Morgan fingerprint density at radius 3 is 2.42 bits per heavy atom. The molecule has 136 valence electrons. The van der Waals surface area contributed by atoms with Gasteiger partial charge in [-0.1, -0.05) is 35.0 Å². The Morgan fingerprint density at radius 2 is 1.81 bits per heavy atom. The zero-order valence-electron chi connectivity index (χ0n) is 13.2. The minimum Gasteiger partial charge on any atom is -0.410 e. The number of aromatic amines is 1. The summed E-state index contributed by atoms with van der Waals surface area (Å²) in [5, 5.41) is 12.6. The van der Waals surface area contributed by atoms with E-state index in [1.807, 2.05) is 12.1 Å². The molecule has 26 heavy (non-hydrogen) atoms. The Morgan fingerprint density at radius 1 is 1.12 bits per heavy atom. The van der Waals surface area contributed by atoms with Crippen molar-refractivity contribution in [2.75, 3.05) is 0 Å². The lowest BCUT2D eigenvalue weighted by molar-refractivity contribution is -0.0600. The van der Waals surface area contributed by atoms with Crippen LogP contribution >= 0.6 is 34.2 Å². The second kappa shape index (κ2) is 7.48. The standard InChI is InChI=1S/C18H13ClF3IN2O/c19-11-4-1-10(2-5-11)3-8-14-16(17(25-26)18(20,21)22)13-7-6-12(23)9-15(13)24-14/h1-2,4-7,9,24,26H,3,8H2/b25-17-. The zero-order valence-corrected chi connectivity index (χ0v) is 16.2. The maximum Gasteiger partial charge on any atom is 0.437 e. The lowest BCUT2D eigenvalue weighted by Gasteiger charge is -2.10. The van der Waals surface area contributed by atoms with E-state index < -0.39 is 11.9 Å². The number of halogens is 5. The number of alkyl halides is 3. The second-order valence-corrected chi connectivity index (χ2v) is 7.42. The number of aryl methyl sites for hydroxylation is 2. The number of hydrogen-bond donors (Lipinski definition) is 2. The van der Waals surface area contributed by atoms with Gasteiger partial charge in [0, 0.05) is 30.8 Å². The number of hydrogen-bond acceptors (Lipinski definition) is 2. The van der Waals surface area contributed by atoms with Gasteiger partial charge >= 0.3 is 6.18 Å². The fourth-order valence-electron chi connectivity index (χ4n) is 2.85. The summed E-state index contributed by atoms with van der Waals surface area (Å²) in [6.45, 7) is 0. The summed E-state index contributed by atoms with van der Waals surface area (Å²) in [7, 11) is 0. The average molecular weight is 493 g/mol. The van der Waals surface area contributed by atoms with Crippen LogP contribution < -0.4 is 0 Å². The molecular weight excluding hydrogens is 480 g/mol. The van der Waals surface area contributed by atoms with Gasteiger partial charge in [0.15, 0.2) is 5.71 Å². The normalized spacial score (nSPS) is 12.7. The van der Waals surface area contributed by atoms with Crippen LogP contribution in [0.15, 0.2) is 47.6 Å². The Kier molecular flexibility index (Phi) is 5.47. The number of H-pyrrole nitrogens is 1. The van der Waals surface area contributed by atoms with Gasteiger partial charge in [0.1, 0.15) is 0 Å². The number of nitrogens with zero attached hydrogens (tertiary/aromatic N) is 1. The highest BCUT2D eigenvalue weighted by Gasteiger charge is 2.40. The van der Waals surface area contributed by atoms with Crippen LogP contribution in [0, 0.1) is 3.57 Å². The predicted octanol–water partition coefficient (Wildman–Crippen LogP) is 5.95. The molecule has 0 aliphatic rings. The third-order valence-electron chi connectivity index (χ3n) is 4.02. The van der Waals surface area contributed by atoms with Gasteiger partial charge in [-0.05, 0) is 65.3 Å². The smallest absolute Gasteiger partial charge is 0.410 e. The molecule has 0 atom stereocenters. The summed E-state index contributed by atoms with van der Waals surface area (Å²) in [5.41, 5.74) is 0.491. The van der Waals surface area contributed by atoms with Gasteiger partial charge in [0.25, 0.3) is 0 Å². The molecule has 3 rings (SSSR count). The first kappa shape index (κ1) is 19.0. The fraction of sp³-hybridized carbons (Fsp3) is 0.167. The first-order chi connectivity index (χ1) is 12.3. The van der Waals surface area contributed by atoms with Crippen molar-refractivity contribution in [3.63, 3.8) is 0 Å². The number of fused-ring (bicyclic) bond motifs is 1. The van der Waals surface area contributed by atoms with E-state index in [0.717, 1.165) is 9.13 Å². The van der Waals surface area contributed by atoms with Crippen molar-refractivity contribution in [2.24, 2.45) is 5.16 Å². The lowest BCUT2D eigenvalue weighted by atomic mass is 10.0. The monoisotopic (exact) mass is 492 g/mol. The summed E-state index contributed by atoms with van der Waals surface area (Å²) >= 11 is 7.95. The maximum atomic E-state index is 13.4. The summed E-state index contributed by atoms with van der Waals surface area (Å²) in [6, 6.07) is 12.2. The number of rotatable bonds is 4. The first-order valence-electron chi connectivity index (χ1n) is 7.64. The van der Waals surface area contributed by atoms with Gasteiger partial charge in [0.2, 0.25) is 0 Å². The molecule has 1 aromatic heterocycles. The van der Waals surface area contributed by atoms with E-state index in [1.165, 1.54) is 0 Å². The highest BCUT2D eigenvalue weighted by molar-refractivity contribution is 14.1. The van der Waals surface area contributed by atoms with Gasteiger partial charge in [-0.25, -0.2) is 0 Å². The Labute approximate surface area is 166 Å².